The second-order valence-electron chi connectivity index (χ2n) is 3.79. The van der Waals surface area contributed by atoms with Gasteiger partial charge in [0.05, 0.1) is 11.1 Å². The Morgan fingerprint density at radius 3 is 2.94 bits per heavy atom. The maximum atomic E-state index is 8.80. The first kappa shape index (κ1) is 15.0. The minimum atomic E-state index is -0.471. The zero-order valence-electron chi connectivity index (χ0n) is 10.6. The summed E-state index contributed by atoms with van der Waals surface area (Å²) < 4.78 is 11.4. The molecule has 0 spiro atoms. The van der Waals surface area contributed by atoms with Crippen molar-refractivity contribution in [2.75, 3.05) is 20.3 Å². The normalized spacial score (nSPS) is 11.9. The quantitative estimate of drug-likeness (QED) is 0.786. The third kappa shape index (κ3) is 4.65. The molecule has 0 aliphatic heterocycles. The van der Waals surface area contributed by atoms with Crippen LogP contribution in [0.3, 0.4) is 0 Å². The van der Waals surface area contributed by atoms with Gasteiger partial charge < -0.3 is 14.8 Å². The summed E-state index contributed by atoms with van der Waals surface area (Å²) in [5.41, 5.74) is 1.02. The number of nitrogens with zero attached hydrogens (tertiary/aromatic N) is 1. The molecule has 4 nitrogen and oxygen atoms in total. The van der Waals surface area contributed by atoms with Crippen molar-refractivity contribution in [2.24, 2.45) is 0 Å². The van der Waals surface area contributed by atoms with Crippen LogP contribution in [0.2, 0.25) is 0 Å². The Labute approximate surface area is 116 Å². The molecule has 0 saturated heterocycles. The van der Waals surface area contributed by atoms with Crippen molar-refractivity contribution in [3.05, 3.63) is 28.2 Å². The first-order valence-electron chi connectivity index (χ1n) is 5.72. The van der Waals surface area contributed by atoms with Gasteiger partial charge in [0, 0.05) is 25.8 Å². The van der Waals surface area contributed by atoms with Crippen molar-refractivity contribution in [1.82, 2.24) is 5.32 Å². The fourth-order valence-corrected chi connectivity index (χ4v) is 1.93. The third-order valence-electron chi connectivity index (χ3n) is 2.32. The molecule has 1 aromatic rings. The summed E-state index contributed by atoms with van der Waals surface area (Å²) in [6.45, 7) is 3.84. The number of benzene rings is 1. The molecule has 1 unspecified atom stereocenters. The monoisotopic (exact) mass is 312 g/mol. The van der Waals surface area contributed by atoms with E-state index in [0.29, 0.717) is 13.2 Å². The van der Waals surface area contributed by atoms with E-state index in [0.717, 1.165) is 22.3 Å². The van der Waals surface area contributed by atoms with E-state index < -0.39 is 6.10 Å². The Bertz CT molecular complexity index is 418. The van der Waals surface area contributed by atoms with E-state index in [1.54, 1.807) is 14.0 Å². The Balaban J connectivity index is 2.71. The molecule has 0 aromatic heterocycles. The lowest BCUT2D eigenvalue weighted by atomic mass is 10.2. The SMILES string of the molecule is COCCNCc1cccc(Br)c1OC(C)C#N. The number of para-hydroxylation sites is 1. The van der Waals surface area contributed by atoms with Gasteiger partial charge in [-0.25, -0.2) is 0 Å². The number of hydrogen-bond donors (Lipinski definition) is 1. The highest BCUT2D eigenvalue weighted by Gasteiger charge is 2.11. The molecule has 1 N–H and O–H groups in total. The fourth-order valence-electron chi connectivity index (χ4n) is 1.43. The van der Waals surface area contributed by atoms with E-state index in [2.05, 4.69) is 27.3 Å². The maximum absolute atomic E-state index is 8.80. The van der Waals surface area contributed by atoms with Gasteiger partial charge in [0.25, 0.3) is 0 Å². The highest BCUT2D eigenvalue weighted by atomic mass is 79.9. The molecule has 0 amide bonds. The highest BCUT2D eigenvalue weighted by molar-refractivity contribution is 9.10. The predicted molar refractivity (Wildman–Crippen MR) is 73.4 cm³/mol. The van der Waals surface area contributed by atoms with Gasteiger partial charge in [-0.05, 0) is 28.9 Å². The highest BCUT2D eigenvalue weighted by Crippen LogP contribution is 2.29. The predicted octanol–water partition coefficient (Wildman–Crippen LogP) is 2.48. The smallest absolute Gasteiger partial charge is 0.181 e. The number of rotatable bonds is 7. The summed E-state index contributed by atoms with van der Waals surface area (Å²) in [6, 6.07) is 7.88. The minimum absolute atomic E-state index is 0.471. The second-order valence-corrected chi connectivity index (χ2v) is 4.64. The molecule has 98 valence electrons. The molecule has 0 aliphatic rings. The zero-order valence-corrected chi connectivity index (χ0v) is 12.2. The van der Waals surface area contributed by atoms with E-state index in [4.69, 9.17) is 14.7 Å². The number of hydrogen-bond acceptors (Lipinski definition) is 4. The number of nitriles is 1. The average Bonchev–Trinajstić information content (AvgIpc) is 2.38. The van der Waals surface area contributed by atoms with Gasteiger partial charge in [0.1, 0.15) is 11.8 Å². The lowest BCUT2D eigenvalue weighted by molar-refractivity contribution is 0.199. The molecule has 1 atom stereocenters. The van der Waals surface area contributed by atoms with Crippen molar-refractivity contribution in [1.29, 1.82) is 5.26 Å². The maximum Gasteiger partial charge on any atom is 0.181 e. The van der Waals surface area contributed by atoms with Gasteiger partial charge in [0.2, 0.25) is 0 Å². The van der Waals surface area contributed by atoms with Crippen LogP contribution >= 0.6 is 15.9 Å². The summed E-state index contributed by atoms with van der Waals surface area (Å²) in [7, 11) is 1.67. The van der Waals surface area contributed by atoms with Gasteiger partial charge in [0.15, 0.2) is 6.10 Å². The van der Waals surface area contributed by atoms with Crippen molar-refractivity contribution in [2.45, 2.75) is 19.6 Å². The lowest BCUT2D eigenvalue weighted by Gasteiger charge is -2.15. The van der Waals surface area contributed by atoms with Crippen LogP contribution in [0.15, 0.2) is 22.7 Å². The van der Waals surface area contributed by atoms with Crippen LogP contribution in [0.25, 0.3) is 0 Å². The van der Waals surface area contributed by atoms with E-state index in [1.807, 2.05) is 18.2 Å². The van der Waals surface area contributed by atoms with Crippen LogP contribution in [-0.2, 0) is 11.3 Å². The van der Waals surface area contributed by atoms with Gasteiger partial charge in [-0.1, -0.05) is 12.1 Å². The summed E-state index contributed by atoms with van der Waals surface area (Å²) in [6.07, 6.45) is -0.471. The molecule has 0 heterocycles. The molecular weight excluding hydrogens is 296 g/mol. The molecule has 5 heteroatoms. The molecule has 0 aliphatic carbocycles. The lowest BCUT2D eigenvalue weighted by Crippen LogP contribution is -2.20. The van der Waals surface area contributed by atoms with E-state index >= 15 is 0 Å². The number of ether oxygens (including phenoxy) is 2. The first-order valence-corrected chi connectivity index (χ1v) is 6.51. The largest absolute Gasteiger partial charge is 0.474 e. The molecule has 0 fully saturated rings. The van der Waals surface area contributed by atoms with Gasteiger partial charge in [-0.2, -0.15) is 5.26 Å². The second kappa shape index (κ2) is 8.09. The minimum Gasteiger partial charge on any atom is -0.474 e. The van der Waals surface area contributed by atoms with Gasteiger partial charge >= 0.3 is 0 Å². The van der Waals surface area contributed by atoms with Crippen molar-refractivity contribution >= 4 is 15.9 Å². The Morgan fingerprint density at radius 1 is 1.50 bits per heavy atom. The van der Waals surface area contributed by atoms with Crippen LogP contribution in [0.1, 0.15) is 12.5 Å². The summed E-state index contributed by atoms with van der Waals surface area (Å²) >= 11 is 3.44. The molecule has 18 heavy (non-hydrogen) atoms. The molecule has 0 saturated carbocycles. The van der Waals surface area contributed by atoms with Crippen molar-refractivity contribution in [3.8, 4) is 11.8 Å². The average molecular weight is 313 g/mol. The number of methoxy groups -OCH3 is 1. The van der Waals surface area contributed by atoms with Crippen LogP contribution < -0.4 is 10.1 Å². The number of nitrogens with one attached hydrogen (secondary N) is 1. The number of halogens is 1. The topological polar surface area (TPSA) is 54.3 Å². The summed E-state index contributed by atoms with van der Waals surface area (Å²) in [5, 5.41) is 12.1. The van der Waals surface area contributed by atoms with Gasteiger partial charge in [-0.3, -0.25) is 0 Å². The van der Waals surface area contributed by atoms with Crippen molar-refractivity contribution in [3.63, 3.8) is 0 Å². The Kier molecular flexibility index (Phi) is 6.73. The van der Waals surface area contributed by atoms with Gasteiger partial charge in [-0.15, -0.1) is 0 Å². The van der Waals surface area contributed by atoms with E-state index in [9.17, 15) is 0 Å². The molecule has 1 rings (SSSR count). The van der Waals surface area contributed by atoms with E-state index in [1.165, 1.54) is 0 Å². The molecule has 0 radical (unpaired) electrons. The van der Waals surface area contributed by atoms with Crippen LogP contribution in [0, 0.1) is 11.3 Å². The summed E-state index contributed by atoms with van der Waals surface area (Å²) in [4.78, 5) is 0. The fraction of sp³-hybridized carbons (Fsp3) is 0.462. The zero-order chi connectivity index (χ0) is 13.4. The third-order valence-corrected chi connectivity index (χ3v) is 2.95. The van der Waals surface area contributed by atoms with E-state index in [-0.39, 0.29) is 0 Å². The molecular formula is C13H17BrN2O2. The van der Waals surface area contributed by atoms with Crippen LogP contribution in [0.5, 0.6) is 5.75 Å². The standard InChI is InChI=1S/C13H17BrN2O2/c1-10(8-15)18-13-11(4-3-5-12(13)14)9-16-6-7-17-2/h3-5,10,16H,6-7,9H2,1-2H3. The van der Waals surface area contributed by atoms with Crippen molar-refractivity contribution < 1.29 is 9.47 Å². The summed E-state index contributed by atoms with van der Waals surface area (Å²) in [5.74, 6) is 0.719. The Hall–Kier alpha value is -1.09. The van der Waals surface area contributed by atoms with Crippen LogP contribution in [0.4, 0.5) is 0 Å². The Morgan fingerprint density at radius 2 is 2.28 bits per heavy atom. The molecule has 0 bridgehead atoms. The van der Waals surface area contributed by atoms with Crippen LogP contribution in [-0.4, -0.2) is 26.4 Å². The molecule has 1 aromatic carbocycles. The first-order chi connectivity index (χ1) is 8.69.